The molecule has 138 valence electrons. The number of hydrogen-bond acceptors (Lipinski definition) is 4. The second-order valence-electron chi connectivity index (χ2n) is 6.95. The molecule has 2 N–H and O–H groups in total. The van der Waals surface area contributed by atoms with Crippen LogP contribution in [0.3, 0.4) is 0 Å². The van der Waals surface area contributed by atoms with Crippen LogP contribution >= 0.6 is 11.3 Å². The SMILES string of the molecule is CC(=O)Nc1ccc2nc(NC(=O)c3ccc4c5c(cccc35)CC4)sc2c1. The number of nitrogens with zero attached hydrogens (tertiary/aromatic N) is 1. The summed E-state index contributed by atoms with van der Waals surface area (Å²) in [5.41, 5.74) is 4.80. The third-order valence-corrected chi connectivity index (χ3v) is 5.98. The molecular weight excluding hydrogens is 370 g/mol. The zero-order chi connectivity index (χ0) is 19.3. The second kappa shape index (κ2) is 6.42. The third kappa shape index (κ3) is 2.82. The van der Waals surface area contributed by atoms with Crippen LogP contribution in [-0.4, -0.2) is 16.8 Å². The number of carbonyl (C=O) groups excluding carboxylic acids is 2. The molecule has 0 saturated carbocycles. The van der Waals surface area contributed by atoms with E-state index in [1.165, 1.54) is 34.8 Å². The van der Waals surface area contributed by atoms with Crippen molar-refractivity contribution in [2.75, 3.05) is 10.6 Å². The predicted molar refractivity (Wildman–Crippen MR) is 113 cm³/mol. The molecule has 1 aromatic heterocycles. The van der Waals surface area contributed by atoms with Crippen molar-refractivity contribution in [3.8, 4) is 0 Å². The first-order valence-electron chi connectivity index (χ1n) is 9.11. The van der Waals surface area contributed by atoms with Crippen molar-refractivity contribution in [2.24, 2.45) is 0 Å². The maximum absolute atomic E-state index is 13.0. The fourth-order valence-electron chi connectivity index (χ4n) is 3.87. The lowest BCUT2D eigenvalue weighted by molar-refractivity contribution is -0.114. The first-order valence-corrected chi connectivity index (χ1v) is 9.93. The van der Waals surface area contributed by atoms with Crippen LogP contribution in [0.2, 0.25) is 0 Å². The highest BCUT2D eigenvalue weighted by atomic mass is 32.1. The average molecular weight is 387 g/mol. The molecule has 5 rings (SSSR count). The number of fused-ring (bicyclic) bond motifs is 1. The van der Waals surface area contributed by atoms with E-state index in [0.717, 1.165) is 28.4 Å². The summed E-state index contributed by atoms with van der Waals surface area (Å²) in [4.78, 5) is 28.7. The van der Waals surface area contributed by atoms with Crippen molar-refractivity contribution in [3.05, 3.63) is 65.2 Å². The molecule has 0 unspecified atom stereocenters. The lowest BCUT2D eigenvalue weighted by Crippen LogP contribution is -2.12. The quantitative estimate of drug-likeness (QED) is 0.532. The zero-order valence-electron chi connectivity index (χ0n) is 15.2. The fraction of sp³-hybridized carbons (Fsp3) is 0.136. The van der Waals surface area contributed by atoms with Gasteiger partial charge in [-0.2, -0.15) is 0 Å². The Kier molecular flexibility index (Phi) is 3.87. The summed E-state index contributed by atoms with van der Waals surface area (Å²) in [6, 6.07) is 15.6. The molecule has 5 nitrogen and oxygen atoms in total. The van der Waals surface area contributed by atoms with Gasteiger partial charge in [0.2, 0.25) is 5.91 Å². The van der Waals surface area contributed by atoms with Crippen LogP contribution in [0.1, 0.15) is 28.4 Å². The summed E-state index contributed by atoms with van der Waals surface area (Å²) in [5.74, 6) is -0.277. The molecule has 0 aliphatic heterocycles. The minimum atomic E-state index is -0.156. The van der Waals surface area contributed by atoms with Crippen molar-refractivity contribution in [2.45, 2.75) is 19.8 Å². The fourth-order valence-corrected chi connectivity index (χ4v) is 4.77. The number of benzene rings is 3. The summed E-state index contributed by atoms with van der Waals surface area (Å²) in [6.45, 7) is 1.47. The van der Waals surface area contributed by atoms with Gasteiger partial charge < -0.3 is 5.32 Å². The van der Waals surface area contributed by atoms with E-state index in [4.69, 9.17) is 0 Å². The van der Waals surface area contributed by atoms with Crippen molar-refractivity contribution >= 4 is 55.0 Å². The van der Waals surface area contributed by atoms with Crippen molar-refractivity contribution < 1.29 is 9.59 Å². The molecule has 0 bridgehead atoms. The van der Waals surface area contributed by atoms with Gasteiger partial charge in [-0.05, 0) is 59.0 Å². The third-order valence-electron chi connectivity index (χ3n) is 5.05. The minimum Gasteiger partial charge on any atom is -0.326 e. The Morgan fingerprint density at radius 1 is 1.00 bits per heavy atom. The Morgan fingerprint density at radius 2 is 1.82 bits per heavy atom. The molecule has 0 atom stereocenters. The van der Waals surface area contributed by atoms with Gasteiger partial charge in [0.1, 0.15) is 0 Å². The molecule has 1 aliphatic carbocycles. The van der Waals surface area contributed by atoms with Gasteiger partial charge in [0.25, 0.3) is 5.91 Å². The standard InChI is InChI=1S/C22H17N3O2S/c1-12(26)23-15-8-10-18-19(11-15)28-22(24-18)25-21(27)17-9-7-14-6-5-13-3-2-4-16(17)20(13)14/h2-4,7-11H,5-6H2,1H3,(H,23,26)(H,24,25,27). The van der Waals surface area contributed by atoms with E-state index in [2.05, 4.69) is 27.8 Å². The van der Waals surface area contributed by atoms with Gasteiger partial charge >= 0.3 is 0 Å². The van der Waals surface area contributed by atoms with Crippen LogP contribution in [-0.2, 0) is 17.6 Å². The van der Waals surface area contributed by atoms with E-state index < -0.39 is 0 Å². The van der Waals surface area contributed by atoms with Crippen LogP contribution in [0.15, 0.2) is 48.5 Å². The Labute approximate surface area is 165 Å². The number of thiazole rings is 1. The number of aromatic nitrogens is 1. The molecule has 6 heteroatoms. The van der Waals surface area contributed by atoms with Crippen LogP contribution < -0.4 is 10.6 Å². The van der Waals surface area contributed by atoms with E-state index in [0.29, 0.717) is 16.4 Å². The molecule has 2 amide bonds. The number of hydrogen-bond donors (Lipinski definition) is 2. The summed E-state index contributed by atoms with van der Waals surface area (Å²) in [6.07, 6.45) is 2.07. The van der Waals surface area contributed by atoms with Gasteiger partial charge in [0.05, 0.1) is 10.2 Å². The lowest BCUT2D eigenvalue weighted by Gasteiger charge is -2.08. The largest absolute Gasteiger partial charge is 0.326 e. The molecule has 0 fully saturated rings. The summed E-state index contributed by atoms with van der Waals surface area (Å²) >= 11 is 1.39. The van der Waals surface area contributed by atoms with Crippen LogP contribution in [0.25, 0.3) is 21.0 Å². The van der Waals surface area contributed by atoms with Crippen molar-refractivity contribution in [3.63, 3.8) is 0 Å². The minimum absolute atomic E-state index is 0.121. The van der Waals surface area contributed by atoms with E-state index in [1.807, 2.05) is 30.3 Å². The maximum Gasteiger partial charge on any atom is 0.258 e. The number of amides is 2. The Bertz CT molecular complexity index is 1270. The first-order chi connectivity index (χ1) is 13.6. The van der Waals surface area contributed by atoms with E-state index >= 15 is 0 Å². The topological polar surface area (TPSA) is 71.1 Å². The smallest absolute Gasteiger partial charge is 0.258 e. The predicted octanol–water partition coefficient (Wildman–Crippen LogP) is 4.76. The zero-order valence-corrected chi connectivity index (χ0v) is 16.0. The number of nitrogens with one attached hydrogen (secondary N) is 2. The van der Waals surface area contributed by atoms with Gasteiger partial charge in [-0.1, -0.05) is 35.6 Å². The second-order valence-corrected chi connectivity index (χ2v) is 7.98. The molecular formula is C22H17N3O2S. The monoisotopic (exact) mass is 387 g/mol. The summed E-state index contributed by atoms with van der Waals surface area (Å²) in [7, 11) is 0. The number of aryl methyl sites for hydroxylation is 2. The molecule has 1 aliphatic rings. The van der Waals surface area contributed by atoms with Crippen LogP contribution in [0.5, 0.6) is 0 Å². The molecule has 0 saturated heterocycles. The van der Waals surface area contributed by atoms with Gasteiger partial charge in [-0.25, -0.2) is 4.98 Å². The highest BCUT2D eigenvalue weighted by molar-refractivity contribution is 7.22. The van der Waals surface area contributed by atoms with Crippen LogP contribution in [0.4, 0.5) is 10.8 Å². The van der Waals surface area contributed by atoms with Gasteiger partial charge in [0, 0.05) is 18.2 Å². The highest BCUT2D eigenvalue weighted by Crippen LogP contribution is 2.34. The van der Waals surface area contributed by atoms with Gasteiger partial charge in [0.15, 0.2) is 5.13 Å². The number of rotatable bonds is 3. The number of anilines is 2. The summed E-state index contributed by atoms with van der Waals surface area (Å²) in [5, 5.41) is 8.47. The Balaban J connectivity index is 1.48. The molecule has 28 heavy (non-hydrogen) atoms. The lowest BCUT2D eigenvalue weighted by atomic mass is 9.99. The van der Waals surface area contributed by atoms with Crippen molar-refractivity contribution in [1.82, 2.24) is 4.98 Å². The van der Waals surface area contributed by atoms with Crippen molar-refractivity contribution in [1.29, 1.82) is 0 Å². The average Bonchev–Trinajstić information content (AvgIpc) is 3.26. The molecule has 3 aromatic carbocycles. The molecule has 0 spiro atoms. The molecule has 4 aromatic rings. The van der Waals surface area contributed by atoms with Gasteiger partial charge in [-0.3, -0.25) is 14.9 Å². The number of carbonyl (C=O) groups is 2. The Morgan fingerprint density at radius 3 is 2.64 bits per heavy atom. The summed E-state index contributed by atoms with van der Waals surface area (Å²) < 4.78 is 0.905. The first kappa shape index (κ1) is 16.9. The molecule has 0 radical (unpaired) electrons. The maximum atomic E-state index is 13.0. The normalized spacial score (nSPS) is 12.5. The molecule has 1 heterocycles. The van der Waals surface area contributed by atoms with Gasteiger partial charge in [-0.15, -0.1) is 0 Å². The Hall–Kier alpha value is -3.25. The van der Waals surface area contributed by atoms with E-state index in [1.54, 1.807) is 6.07 Å². The van der Waals surface area contributed by atoms with E-state index in [-0.39, 0.29) is 11.8 Å². The van der Waals surface area contributed by atoms with E-state index in [9.17, 15) is 9.59 Å². The van der Waals surface area contributed by atoms with Crippen LogP contribution in [0, 0.1) is 0 Å². The highest BCUT2D eigenvalue weighted by Gasteiger charge is 2.19.